The summed E-state index contributed by atoms with van der Waals surface area (Å²) in [5, 5.41) is 2.66. The van der Waals surface area contributed by atoms with Crippen LogP contribution in [-0.4, -0.2) is 25.5 Å². The Labute approximate surface area is 108 Å². The van der Waals surface area contributed by atoms with E-state index in [0.717, 1.165) is 16.5 Å². The minimum Gasteiger partial charge on any atom is -0.469 e. The van der Waals surface area contributed by atoms with Gasteiger partial charge in [0.2, 0.25) is 5.91 Å². The van der Waals surface area contributed by atoms with Gasteiger partial charge in [-0.1, -0.05) is 28.1 Å². The lowest BCUT2D eigenvalue weighted by atomic mass is 10.1. The van der Waals surface area contributed by atoms with Crippen molar-refractivity contribution in [3.05, 3.63) is 34.3 Å². The number of benzene rings is 1. The largest absolute Gasteiger partial charge is 0.469 e. The first kappa shape index (κ1) is 13.7. The molecule has 0 saturated carbocycles. The lowest BCUT2D eigenvalue weighted by Gasteiger charge is -2.04. The molecule has 1 N–H and O–H groups in total. The first-order chi connectivity index (χ1) is 8.11. The molecular weight excluding hydrogens is 286 g/mol. The quantitative estimate of drug-likeness (QED) is 0.665. The van der Waals surface area contributed by atoms with Gasteiger partial charge in [0.15, 0.2) is 0 Å². The molecule has 1 aromatic carbocycles. The fourth-order valence-electron chi connectivity index (χ4n) is 1.26. The van der Waals surface area contributed by atoms with Gasteiger partial charge in [0.1, 0.15) is 6.42 Å². The number of amides is 1. The molecule has 1 amide bonds. The Bertz CT molecular complexity index is 389. The summed E-state index contributed by atoms with van der Waals surface area (Å²) in [6, 6.07) is 7.87. The topological polar surface area (TPSA) is 55.4 Å². The molecule has 4 nitrogen and oxygen atoms in total. The first-order valence-corrected chi connectivity index (χ1v) is 5.99. The predicted molar refractivity (Wildman–Crippen MR) is 67.5 cm³/mol. The Hall–Kier alpha value is -1.36. The minimum absolute atomic E-state index is 0.225. The molecule has 1 rings (SSSR count). The van der Waals surface area contributed by atoms with E-state index < -0.39 is 5.97 Å². The highest BCUT2D eigenvalue weighted by Gasteiger charge is 2.08. The Balaban J connectivity index is 2.26. The van der Waals surface area contributed by atoms with Crippen molar-refractivity contribution in [2.45, 2.75) is 12.8 Å². The standard InChI is InChI=1S/C12H14BrNO3/c1-17-12(16)8-11(15)14-7-6-9-2-4-10(13)5-3-9/h2-5H,6-8H2,1H3,(H,14,15). The van der Waals surface area contributed by atoms with Gasteiger partial charge in [-0.15, -0.1) is 0 Å². The molecule has 1 aromatic rings. The zero-order valence-electron chi connectivity index (χ0n) is 9.53. The molecule has 0 unspecified atom stereocenters. The third-order valence-corrected chi connectivity index (χ3v) is 2.71. The summed E-state index contributed by atoms with van der Waals surface area (Å²) in [4.78, 5) is 22.0. The maximum Gasteiger partial charge on any atom is 0.315 e. The molecule has 0 aliphatic heterocycles. The van der Waals surface area contributed by atoms with Gasteiger partial charge in [-0.2, -0.15) is 0 Å². The maximum absolute atomic E-state index is 11.2. The van der Waals surface area contributed by atoms with Gasteiger partial charge in [-0.05, 0) is 24.1 Å². The molecule has 0 bridgehead atoms. The second-order valence-corrected chi connectivity index (χ2v) is 4.40. The van der Waals surface area contributed by atoms with Gasteiger partial charge in [-0.25, -0.2) is 0 Å². The minimum atomic E-state index is -0.522. The summed E-state index contributed by atoms with van der Waals surface area (Å²) in [6.07, 6.45) is 0.511. The van der Waals surface area contributed by atoms with Crippen molar-refractivity contribution < 1.29 is 14.3 Å². The second kappa shape index (κ2) is 7.06. The van der Waals surface area contributed by atoms with Gasteiger partial charge in [0.05, 0.1) is 7.11 Å². The van der Waals surface area contributed by atoms with Crippen LogP contribution in [0, 0.1) is 0 Å². The van der Waals surface area contributed by atoms with E-state index >= 15 is 0 Å². The molecule has 0 heterocycles. The van der Waals surface area contributed by atoms with Crippen LogP contribution >= 0.6 is 15.9 Å². The van der Waals surface area contributed by atoms with E-state index in [1.54, 1.807) is 0 Å². The molecule has 5 heteroatoms. The van der Waals surface area contributed by atoms with Crippen LogP contribution < -0.4 is 5.32 Å². The highest BCUT2D eigenvalue weighted by Crippen LogP contribution is 2.10. The van der Waals surface area contributed by atoms with Crippen LogP contribution in [0.5, 0.6) is 0 Å². The van der Waals surface area contributed by atoms with Gasteiger partial charge < -0.3 is 10.1 Å². The predicted octanol–water partition coefficient (Wildman–Crippen LogP) is 1.67. The maximum atomic E-state index is 11.2. The van der Waals surface area contributed by atoms with Crippen molar-refractivity contribution in [1.82, 2.24) is 5.32 Å². The van der Waals surface area contributed by atoms with Gasteiger partial charge in [0, 0.05) is 11.0 Å². The number of carbonyl (C=O) groups is 2. The molecule has 0 atom stereocenters. The van der Waals surface area contributed by atoms with Gasteiger partial charge in [-0.3, -0.25) is 9.59 Å². The molecule has 0 aliphatic rings. The monoisotopic (exact) mass is 299 g/mol. The summed E-state index contributed by atoms with van der Waals surface area (Å²) >= 11 is 3.35. The molecular formula is C12H14BrNO3. The number of rotatable bonds is 5. The van der Waals surface area contributed by atoms with E-state index in [9.17, 15) is 9.59 Å². The summed E-state index contributed by atoms with van der Waals surface area (Å²) in [5.41, 5.74) is 1.13. The third-order valence-electron chi connectivity index (χ3n) is 2.18. The summed E-state index contributed by atoms with van der Waals surface area (Å²) < 4.78 is 5.42. The normalized spacial score (nSPS) is 9.76. The number of ether oxygens (including phenoxy) is 1. The Morgan fingerprint density at radius 3 is 2.53 bits per heavy atom. The molecule has 92 valence electrons. The average Bonchev–Trinajstić information content (AvgIpc) is 2.31. The molecule has 17 heavy (non-hydrogen) atoms. The highest BCUT2D eigenvalue weighted by atomic mass is 79.9. The second-order valence-electron chi connectivity index (χ2n) is 3.48. The van der Waals surface area contributed by atoms with E-state index in [2.05, 4.69) is 26.0 Å². The molecule has 0 saturated heterocycles. The third kappa shape index (κ3) is 5.49. The summed E-state index contributed by atoms with van der Waals surface area (Å²) in [7, 11) is 1.26. The van der Waals surface area contributed by atoms with Gasteiger partial charge >= 0.3 is 5.97 Å². The number of hydrogen-bond acceptors (Lipinski definition) is 3. The Kier molecular flexibility index (Phi) is 5.69. The number of nitrogens with one attached hydrogen (secondary N) is 1. The average molecular weight is 300 g/mol. The van der Waals surface area contributed by atoms with E-state index in [1.807, 2.05) is 24.3 Å². The Morgan fingerprint density at radius 2 is 1.94 bits per heavy atom. The van der Waals surface area contributed by atoms with Crippen LogP contribution in [0.2, 0.25) is 0 Å². The van der Waals surface area contributed by atoms with Crippen LogP contribution in [0.15, 0.2) is 28.7 Å². The first-order valence-electron chi connectivity index (χ1n) is 5.20. The van der Waals surface area contributed by atoms with Crippen molar-refractivity contribution in [3.8, 4) is 0 Å². The summed E-state index contributed by atoms with van der Waals surface area (Å²) in [5.74, 6) is -0.833. The van der Waals surface area contributed by atoms with Crippen LogP contribution in [0.3, 0.4) is 0 Å². The van der Waals surface area contributed by atoms with E-state index in [-0.39, 0.29) is 12.3 Å². The van der Waals surface area contributed by atoms with E-state index in [0.29, 0.717) is 6.54 Å². The lowest BCUT2D eigenvalue weighted by Crippen LogP contribution is -2.28. The summed E-state index contributed by atoms with van der Waals surface area (Å²) in [6.45, 7) is 0.511. The van der Waals surface area contributed by atoms with Crippen LogP contribution in [0.25, 0.3) is 0 Å². The highest BCUT2D eigenvalue weighted by molar-refractivity contribution is 9.10. The number of esters is 1. The lowest BCUT2D eigenvalue weighted by molar-refractivity contribution is -0.143. The van der Waals surface area contributed by atoms with E-state index in [1.165, 1.54) is 7.11 Å². The SMILES string of the molecule is COC(=O)CC(=O)NCCc1ccc(Br)cc1. The number of methoxy groups -OCH3 is 1. The fraction of sp³-hybridized carbons (Fsp3) is 0.333. The van der Waals surface area contributed by atoms with Crippen molar-refractivity contribution in [1.29, 1.82) is 0 Å². The number of carbonyl (C=O) groups excluding carboxylic acids is 2. The zero-order valence-corrected chi connectivity index (χ0v) is 11.1. The zero-order chi connectivity index (χ0) is 12.7. The van der Waals surface area contributed by atoms with Crippen molar-refractivity contribution in [3.63, 3.8) is 0 Å². The van der Waals surface area contributed by atoms with Crippen molar-refractivity contribution in [2.75, 3.05) is 13.7 Å². The van der Waals surface area contributed by atoms with Crippen molar-refractivity contribution >= 4 is 27.8 Å². The molecule has 0 radical (unpaired) electrons. The van der Waals surface area contributed by atoms with E-state index in [4.69, 9.17) is 0 Å². The molecule has 0 fully saturated rings. The van der Waals surface area contributed by atoms with Gasteiger partial charge in [0.25, 0.3) is 0 Å². The fourth-order valence-corrected chi connectivity index (χ4v) is 1.53. The van der Waals surface area contributed by atoms with Crippen molar-refractivity contribution in [2.24, 2.45) is 0 Å². The van der Waals surface area contributed by atoms with Crippen LogP contribution in [-0.2, 0) is 20.7 Å². The number of hydrogen-bond donors (Lipinski definition) is 1. The number of halogens is 1. The molecule has 0 aromatic heterocycles. The molecule has 0 spiro atoms. The molecule has 0 aliphatic carbocycles. The Morgan fingerprint density at radius 1 is 1.29 bits per heavy atom. The van der Waals surface area contributed by atoms with Crippen LogP contribution in [0.1, 0.15) is 12.0 Å². The van der Waals surface area contributed by atoms with Crippen LogP contribution in [0.4, 0.5) is 0 Å². The smallest absolute Gasteiger partial charge is 0.315 e.